The fourth-order valence-electron chi connectivity index (χ4n) is 1.13. The highest BCUT2D eigenvalue weighted by atomic mass is 35.5. The Bertz CT molecular complexity index is 364. The van der Waals surface area contributed by atoms with E-state index in [0.29, 0.717) is 22.1 Å². The molecule has 5 heteroatoms. The van der Waals surface area contributed by atoms with Gasteiger partial charge in [0.15, 0.2) is 12.0 Å². The van der Waals surface area contributed by atoms with Crippen molar-refractivity contribution in [3.8, 4) is 0 Å². The number of nitrogen functional groups attached to an aromatic ring is 1. The smallest absolute Gasteiger partial charge is 0.194 e. The summed E-state index contributed by atoms with van der Waals surface area (Å²) >= 11 is 5.79. The van der Waals surface area contributed by atoms with Gasteiger partial charge in [0.1, 0.15) is 5.69 Å². The first-order valence-corrected chi connectivity index (χ1v) is 3.73. The van der Waals surface area contributed by atoms with Crippen molar-refractivity contribution in [2.75, 3.05) is 5.73 Å². The van der Waals surface area contributed by atoms with E-state index in [1.807, 2.05) is 0 Å². The number of fused-ring (bicyclic) bond motifs is 1. The van der Waals surface area contributed by atoms with Gasteiger partial charge < -0.3 is 10.9 Å². The van der Waals surface area contributed by atoms with Crippen LogP contribution in [0.3, 0.4) is 0 Å². The van der Waals surface area contributed by atoms with Gasteiger partial charge in [-0.3, -0.25) is 5.06 Å². The van der Waals surface area contributed by atoms with Crippen LogP contribution < -0.4 is 10.8 Å². The van der Waals surface area contributed by atoms with Gasteiger partial charge in [0, 0.05) is 11.8 Å². The summed E-state index contributed by atoms with van der Waals surface area (Å²) in [5.74, 6) is 0. The van der Waals surface area contributed by atoms with E-state index in [4.69, 9.17) is 17.3 Å². The van der Waals surface area contributed by atoms with Crippen molar-refractivity contribution in [1.82, 2.24) is 0 Å². The fourth-order valence-corrected chi connectivity index (χ4v) is 1.41. The second-order valence-electron chi connectivity index (χ2n) is 2.52. The predicted octanol–water partition coefficient (Wildman–Crippen LogP) is 0.610. The molecule has 1 aromatic rings. The summed E-state index contributed by atoms with van der Waals surface area (Å²) in [4.78, 5) is 3.86. The Hall–Kier alpha value is -1.10. The van der Waals surface area contributed by atoms with Crippen LogP contribution in [0.15, 0.2) is 17.1 Å². The molecule has 0 radical (unpaired) electrons. The first-order valence-electron chi connectivity index (χ1n) is 3.36. The molecule has 0 aromatic heterocycles. The zero-order valence-electron chi connectivity index (χ0n) is 6.04. The van der Waals surface area contributed by atoms with Gasteiger partial charge >= 0.3 is 0 Å². The molecule has 12 heavy (non-hydrogen) atoms. The molecule has 1 atom stereocenters. The van der Waals surface area contributed by atoms with Crippen molar-refractivity contribution in [2.24, 2.45) is 4.99 Å². The minimum Gasteiger partial charge on any atom is -0.623 e. The Morgan fingerprint density at radius 2 is 2.25 bits per heavy atom. The zero-order chi connectivity index (χ0) is 8.72. The van der Waals surface area contributed by atoms with Crippen molar-refractivity contribution in [3.63, 3.8) is 0 Å². The molecule has 0 spiro atoms. The third kappa shape index (κ3) is 0.972. The normalized spacial score (nSPS) is 19.7. The molecule has 0 aliphatic carbocycles. The van der Waals surface area contributed by atoms with Gasteiger partial charge in [-0.25, -0.2) is 0 Å². The molecule has 0 saturated carbocycles. The van der Waals surface area contributed by atoms with Gasteiger partial charge in [-0.2, -0.15) is 4.99 Å². The van der Waals surface area contributed by atoms with Crippen LogP contribution in [0.4, 0.5) is 17.1 Å². The molecule has 1 aliphatic rings. The number of nitrogens with one attached hydrogen (secondary N) is 1. The number of hydrogen-bond donors (Lipinski definition) is 2. The van der Waals surface area contributed by atoms with E-state index in [9.17, 15) is 5.21 Å². The molecule has 0 bridgehead atoms. The van der Waals surface area contributed by atoms with Crippen LogP contribution >= 0.6 is 11.6 Å². The summed E-state index contributed by atoms with van der Waals surface area (Å²) in [5, 5.41) is 11.4. The largest absolute Gasteiger partial charge is 0.623 e. The molecule has 62 valence electrons. The topological polar surface area (TPSA) is 65.9 Å². The van der Waals surface area contributed by atoms with Gasteiger partial charge in [0.05, 0.1) is 5.02 Å². The number of nitrogens with zero attached hydrogens (tertiary/aromatic N) is 1. The fraction of sp³-hybridized carbons (Fsp3) is 0. The molecule has 3 N–H and O–H groups in total. The lowest BCUT2D eigenvalue weighted by atomic mass is 10.2. The van der Waals surface area contributed by atoms with Gasteiger partial charge in [0.25, 0.3) is 0 Å². The van der Waals surface area contributed by atoms with Crippen LogP contribution in [0, 0.1) is 5.21 Å². The van der Waals surface area contributed by atoms with Crippen LogP contribution in [0.25, 0.3) is 0 Å². The number of benzene rings is 1. The SMILES string of the molecule is Nc1cc(Cl)c2c(c1)[NH+]([O-])C=N2. The number of anilines is 1. The predicted molar refractivity (Wildman–Crippen MR) is 48.0 cm³/mol. The quantitative estimate of drug-likeness (QED) is 0.457. The van der Waals surface area contributed by atoms with Crippen molar-refractivity contribution in [3.05, 3.63) is 22.4 Å². The summed E-state index contributed by atoms with van der Waals surface area (Å²) in [5.41, 5.74) is 7.00. The molecule has 1 aliphatic heterocycles. The highest BCUT2D eigenvalue weighted by molar-refractivity contribution is 6.34. The maximum absolute atomic E-state index is 11.1. The number of aliphatic imine (C=N–C) groups is 1. The van der Waals surface area contributed by atoms with E-state index in [1.165, 1.54) is 6.34 Å². The van der Waals surface area contributed by atoms with Crippen molar-refractivity contribution >= 4 is 35.0 Å². The van der Waals surface area contributed by atoms with Crippen LogP contribution in [0.1, 0.15) is 0 Å². The van der Waals surface area contributed by atoms with E-state index in [-0.39, 0.29) is 5.06 Å². The molecule has 0 amide bonds. The minimum atomic E-state index is -0.140. The van der Waals surface area contributed by atoms with Crippen LogP contribution in [0.5, 0.6) is 0 Å². The van der Waals surface area contributed by atoms with Crippen molar-refractivity contribution in [1.29, 1.82) is 0 Å². The van der Waals surface area contributed by atoms with Gasteiger partial charge in [0.2, 0.25) is 0 Å². The first-order chi connectivity index (χ1) is 5.68. The Labute approximate surface area is 73.8 Å². The molecule has 2 rings (SSSR count). The second kappa shape index (κ2) is 2.45. The summed E-state index contributed by atoms with van der Waals surface area (Å²) in [6, 6.07) is 3.16. The van der Waals surface area contributed by atoms with Crippen molar-refractivity contribution < 1.29 is 5.06 Å². The second-order valence-corrected chi connectivity index (χ2v) is 2.93. The monoisotopic (exact) mass is 183 g/mol. The molecular formula is C7H6ClN3O. The Kier molecular flexibility index (Phi) is 1.54. The molecular weight excluding hydrogens is 178 g/mol. The van der Waals surface area contributed by atoms with Gasteiger partial charge in [-0.1, -0.05) is 11.6 Å². The molecule has 4 nitrogen and oxygen atoms in total. The van der Waals surface area contributed by atoms with E-state index >= 15 is 0 Å². The number of quaternary nitrogens is 1. The number of rotatable bonds is 0. The Morgan fingerprint density at radius 3 is 3.00 bits per heavy atom. The molecule has 0 saturated heterocycles. The first kappa shape index (κ1) is 7.54. The minimum absolute atomic E-state index is 0.140. The summed E-state index contributed by atoms with van der Waals surface area (Å²) in [6.45, 7) is 0. The zero-order valence-corrected chi connectivity index (χ0v) is 6.80. The Morgan fingerprint density at radius 1 is 1.50 bits per heavy atom. The van der Waals surface area contributed by atoms with Gasteiger partial charge in [-0.05, 0) is 6.07 Å². The van der Waals surface area contributed by atoms with E-state index in [1.54, 1.807) is 12.1 Å². The summed E-state index contributed by atoms with van der Waals surface area (Å²) in [6.07, 6.45) is 1.25. The lowest BCUT2D eigenvalue weighted by Crippen LogP contribution is -2.99. The number of halogens is 1. The molecule has 0 fully saturated rings. The number of nitrogens with two attached hydrogens (primary N) is 1. The Balaban J connectivity index is 2.66. The van der Waals surface area contributed by atoms with E-state index in [2.05, 4.69) is 4.99 Å². The van der Waals surface area contributed by atoms with Crippen LogP contribution in [-0.2, 0) is 0 Å². The van der Waals surface area contributed by atoms with E-state index < -0.39 is 0 Å². The third-order valence-corrected chi connectivity index (χ3v) is 1.95. The third-order valence-electron chi connectivity index (χ3n) is 1.66. The number of hydroxylamine groups is 1. The number of hydrogen-bond acceptors (Lipinski definition) is 3. The highest BCUT2D eigenvalue weighted by Crippen LogP contribution is 2.34. The molecule has 1 heterocycles. The molecule has 1 unspecified atom stereocenters. The highest BCUT2D eigenvalue weighted by Gasteiger charge is 2.18. The van der Waals surface area contributed by atoms with E-state index in [0.717, 1.165) is 0 Å². The average molecular weight is 184 g/mol. The lowest BCUT2D eigenvalue weighted by molar-refractivity contribution is -0.655. The maximum atomic E-state index is 11.1. The molecule has 1 aromatic carbocycles. The maximum Gasteiger partial charge on any atom is 0.194 e. The average Bonchev–Trinajstić information content (AvgIpc) is 2.33. The standard InChI is InChI=1S/C7H6ClN3O/c8-5-1-4(9)2-6-7(5)10-3-11(6)12/h1-3,11H,9H2. The van der Waals surface area contributed by atoms with Crippen molar-refractivity contribution in [2.45, 2.75) is 0 Å². The van der Waals surface area contributed by atoms with Crippen LogP contribution in [0.2, 0.25) is 5.02 Å². The summed E-state index contributed by atoms with van der Waals surface area (Å²) in [7, 11) is 0. The van der Waals surface area contributed by atoms with Crippen LogP contribution in [-0.4, -0.2) is 6.34 Å². The summed E-state index contributed by atoms with van der Waals surface area (Å²) < 4.78 is 0. The van der Waals surface area contributed by atoms with Gasteiger partial charge in [-0.15, -0.1) is 0 Å². The lowest BCUT2D eigenvalue weighted by Gasteiger charge is -2.11.